The molecule has 0 aromatic heterocycles. The number of benzene rings is 1. The summed E-state index contributed by atoms with van der Waals surface area (Å²) < 4.78 is 5.51. The van der Waals surface area contributed by atoms with Gasteiger partial charge in [0.2, 0.25) is 0 Å². The second-order valence-corrected chi connectivity index (χ2v) is 5.16. The number of hydrogen-bond acceptors (Lipinski definition) is 5. The molecule has 0 fully saturated rings. The van der Waals surface area contributed by atoms with E-state index in [2.05, 4.69) is 0 Å². The third kappa shape index (κ3) is 2.92. The Kier molecular flexibility index (Phi) is 4.04. The summed E-state index contributed by atoms with van der Waals surface area (Å²) in [6, 6.07) is 2.60. The number of aromatic hydroxyl groups is 1. The molecule has 4 N–H and O–H groups in total. The van der Waals surface area contributed by atoms with E-state index in [9.17, 15) is 14.7 Å². The number of nitrogens with two attached hydrogens (primary N) is 1. The van der Waals surface area contributed by atoms with Crippen molar-refractivity contribution in [2.24, 2.45) is 5.73 Å². The number of fused-ring (bicyclic) bond motifs is 1. The summed E-state index contributed by atoms with van der Waals surface area (Å²) in [5.74, 6) is -1.34. The maximum absolute atomic E-state index is 12.4. The van der Waals surface area contributed by atoms with Gasteiger partial charge in [-0.2, -0.15) is 0 Å². The molecule has 0 saturated carbocycles. The second-order valence-electron chi connectivity index (χ2n) is 5.16. The number of carbonyl (C=O) groups excluding carboxylic acids is 1. The summed E-state index contributed by atoms with van der Waals surface area (Å²) in [6.45, 7) is 3.38. The molecule has 1 aromatic carbocycles. The minimum Gasteiger partial charge on any atom is -0.504 e. The zero-order valence-electron chi connectivity index (χ0n) is 11.9. The number of carboxylic acids is 1. The van der Waals surface area contributed by atoms with Crippen molar-refractivity contribution in [2.75, 3.05) is 11.4 Å². The van der Waals surface area contributed by atoms with E-state index >= 15 is 0 Å². The first-order chi connectivity index (χ1) is 9.81. The minimum absolute atomic E-state index is 0.00333. The molecule has 0 saturated heterocycles. The highest BCUT2D eigenvalue weighted by Crippen LogP contribution is 2.42. The topological polar surface area (TPSA) is 113 Å². The Bertz CT molecular complexity index is 585. The highest BCUT2D eigenvalue weighted by atomic mass is 16.5. The predicted octanol–water partition coefficient (Wildman–Crippen LogP) is 0.617. The standard InChI is InChI=1S/C14H18N2O5/c1-7-5-9-13(10(17)6-7)21-12(8(2)15)14(20)16(9)4-3-11(18)19/h5-6,8,12,17H,3-4,15H2,1-2H3,(H,18,19). The molecular formula is C14H18N2O5. The number of amides is 1. The molecule has 0 spiro atoms. The van der Waals surface area contributed by atoms with Crippen molar-refractivity contribution in [3.8, 4) is 11.5 Å². The van der Waals surface area contributed by atoms with Crippen LogP contribution in [0.4, 0.5) is 5.69 Å². The number of phenols is 1. The molecule has 114 valence electrons. The summed E-state index contributed by atoms with van der Waals surface area (Å²) in [4.78, 5) is 24.5. The largest absolute Gasteiger partial charge is 0.504 e. The van der Waals surface area contributed by atoms with E-state index in [1.165, 1.54) is 11.0 Å². The number of aryl methyl sites for hydroxylation is 1. The molecule has 7 heteroatoms. The average Bonchev–Trinajstić information content (AvgIpc) is 2.36. The molecule has 0 radical (unpaired) electrons. The van der Waals surface area contributed by atoms with Gasteiger partial charge in [-0.25, -0.2) is 0 Å². The van der Waals surface area contributed by atoms with Crippen molar-refractivity contribution >= 4 is 17.6 Å². The van der Waals surface area contributed by atoms with Crippen molar-refractivity contribution in [3.05, 3.63) is 17.7 Å². The van der Waals surface area contributed by atoms with Gasteiger partial charge in [-0.15, -0.1) is 0 Å². The number of aliphatic carboxylic acids is 1. The lowest BCUT2D eigenvalue weighted by Gasteiger charge is -2.36. The Hall–Kier alpha value is -2.28. The molecule has 2 rings (SSSR count). The Balaban J connectivity index is 2.46. The fourth-order valence-corrected chi connectivity index (χ4v) is 2.28. The average molecular weight is 294 g/mol. The van der Waals surface area contributed by atoms with Crippen LogP contribution >= 0.6 is 0 Å². The smallest absolute Gasteiger partial charge is 0.305 e. The second kappa shape index (κ2) is 5.61. The number of carboxylic acid groups (broad SMARTS) is 1. The molecular weight excluding hydrogens is 276 g/mol. The van der Waals surface area contributed by atoms with Gasteiger partial charge in [0.15, 0.2) is 17.6 Å². The SMILES string of the molecule is Cc1cc(O)c2c(c1)N(CCC(=O)O)C(=O)C(C(C)N)O2. The van der Waals surface area contributed by atoms with Gasteiger partial charge in [0.1, 0.15) is 0 Å². The van der Waals surface area contributed by atoms with Crippen molar-refractivity contribution in [1.82, 2.24) is 0 Å². The van der Waals surface area contributed by atoms with Crippen LogP contribution in [0.15, 0.2) is 12.1 Å². The summed E-state index contributed by atoms with van der Waals surface area (Å²) in [7, 11) is 0. The van der Waals surface area contributed by atoms with Crippen LogP contribution in [0.1, 0.15) is 18.9 Å². The quantitative estimate of drug-likeness (QED) is 0.750. The molecule has 1 aliphatic rings. The van der Waals surface area contributed by atoms with E-state index in [4.69, 9.17) is 15.6 Å². The Morgan fingerprint density at radius 1 is 1.52 bits per heavy atom. The third-order valence-electron chi connectivity index (χ3n) is 3.27. The molecule has 0 bridgehead atoms. The van der Waals surface area contributed by atoms with Gasteiger partial charge < -0.3 is 25.6 Å². The number of carbonyl (C=O) groups is 2. The lowest BCUT2D eigenvalue weighted by atomic mass is 10.1. The Morgan fingerprint density at radius 2 is 2.19 bits per heavy atom. The van der Waals surface area contributed by atoms with Gasteiger partial charge in [0, 0.05) is 12.6 Å². The lowest BCUT2D eigenvalue weighted by molar-refractivity contribution is -0.136. The molecule has 1 aromatic rings. The fourth-order valence-electron chi connectivity index (χ4n) is 2.28. The van der Waals surface area contributed by atoms with Crippen LogP contribution in [-0.4, -0.2) is 40.8 Å². The lowest BCUT2D eigenvalue weighted by Crippen LogP contribution is -2.53. The highest BCUT2D eigenvalue weighted by molar-refractivity contribution is 6.01. The van der Waals surface area contributed by atoms with Crippen molar-refractivity contribution < 1.29 is 24.5 Å². The van der Waals surface area contributed by atoms with Gasteiger partial charge in [-0.05, 0) is 31.5 Å². The van der Waals surface area contributed by atoms with E-state index < -0.39 is 24.0 Å². The minimum atomic E-state index is -1.01. The van der Waals surface area contributed by atoms with Crippen molar-refractivity contribution in [1.29, 1.82) is 0 Å². The summed E-state index contributed by atoms with van der Waals surface area (Å²) >= 11 is 0. The fraction of sp³-hybridized carbons (Fsp3) is 0.429. The van der Waals surface area contributed by atoms with E-state index in [1.54, 1.807) is 19.9 Å². The van der Waals surface area contributed by atoms with Crippen LogP contribution < -0.4 is 15.4 Å². The van der Waals surface area contributed by atoms with Gasteiger partial charge in [0.25, 0.3) is 5.91 Å². The Morgan fingerprint density at radius 3 is 2.76 bits per heavy atom. The number of hydrogen-bond donors (Lipinski definition) is 3. The number of ether oxygens (including phenoxy) is 1. The highest BCUT2D eigenvalue weighted by Gasteiger charge is 2.38. The molecule has 2 atom stereocenters. The van der Waals surface area contributed by atoms with Gasteiger partial charge in [-0.3, -0.25) is 9.59 Å². The molecule has 21 heavy (non-hydrogen) atoms. The molecule has 0 aliphatic carbocycles. The monoisotopic (exact) mass is 294 g/mol. The van der Waals surface area contributed by atoms with Crippen LogP contribution in [0.3, 0.4) is 0 Å². The van der Waals surface area contributed by atoms with E-state index in [0.29, 0.717) is 5.69 Å². The zero-order chi connectivity index (χ0) is 15.7. The molecule has 1 aliphatic heterocycles. The summed E-state index contributed by atoms with van der Waals surface area (Å²) in [6.07, 6.45) is -1.15. The number of anilines is 1. The normalized spacial score (nSPS) is 18.9. The predicted molar refractivity (Wildman–Crippen MR) is 75.5 cm³/mol. The molecule has 1 amide bonds. The summed E-state index contributed by atoms with van der Waals surface area (Å²) in [5.41, 5.74) is 6.85. The number of rotatable bonds is 4. The number of nitrogens with zero attached hydrogens (tertiary/aromatic N) is 1. The van der Waals surface area contributed by atoms with Crippen molar-refractivity contribution in [2.45, 2.75) is 32.4 Å². The van der Waals surface area contributed by atoms with Gasteiger partial charge in [-0.1, -0.05) is 0 Å². The zero-order valence-corrected chi connectivity index (χ0v) is 11.9. The number of phenolic OH excluding ortho intramolecular Hbond substituents is 1. The van der Waals surface area contributed by atoms with Crippen LogP contribution in [0.25, 0.3) is 0 Å². The van der Waals surface area contributed by atoms with E-state index in [-0.39, 0.29) is 24.5 Å². The summed E-state index contributed by atoms with van der Waals surface area (Å²) in [5, 5.41) is 18.8. The van der Waals surface area contributed by atoms with Gasteiger partial charge >= 0.3 is 5.97 Å². The molecule has 1 heterocycles. The first-order valence-corrected chi connectivity index (χ1v) is 6.60. The van der Waals surface area contributed by atoms with Crippen LogP contribution in [-0.2, 0) is 9.59 Å². The van der Waals surface area contributed by atoms with Crippen LogP contribution in [0, 0.1) is 6.92 Å². The van der Waals surface area contributed by atoms with Crippen LogP contribution in [0.5, 0.6) is 11.5 Å². The molecule has 7 nitrogen and oxygen atoms in total. The Labute approximate surface area is 121 Å². The first kappa shape index (κ1) is 15.1. The van der Waals surface area contributed by atoms with E-state index in [1.807, 2.05) is 0 Å². The first-order valence-electron chi connectivity index (χ1n) is 6.60. The molecule has 2 unspecified atom stereocenters. The van der Waals surface area contributed by atoms with Gasteiger partial charge in [0.05, 0.1) is 12.1 Å². The van der Waals surface area contributed by atoms with Crippen molar-refractivity contribution in [3.63, 3.8) is 0 Å². The van der Waals surface area contributed by atoms with E-state index in [0.717, 1.165) is 5.56 Å². The maximum atomic E-state index is 12.4. The van der Waals surface area contributed by atoms with Crippen LogP contribution in [0.2, 0.25) is 0 Å². The maximum Gasteiger partial charge on any atom is 0.305 e. The third-order valence-corrected chi connectivity index (χ3v) is 3.27.